The number of carbonyl (C=O) groups excluding carboxylic acids is 2. The zero-order valence-corrected chi connectivity index (χ0v) is 10.1. The number of urea groups is 1. The highest BCUT2D eigenvalue weighted by molar-refractivity contribution is 6.13. The summed E-state index contributed by atoms with van der Waals surface area (Å²) in [7, 11) is 0. The second-order valence-corrected chi connectivity index (χ2v) is 4.18. The van der Waals surface area contributed by atoms with Crippen LogP contribution in [-0.2, 0) is 4.79 Å². The average molecular weight is 272 g/mol. The maximum Gasteiger partial charge on any atom is 0.326 e. The summed E-state index contributed by atoms with van der Waals surface area (Å²) in [5.74, 6) is -0.0161. The Bertz CT molecular complexity index is 734. The standard InChI is InChI=1S/C14H9FN2O3/c15-9-3-1-2-8(6-9)12-5-4-10(20-12)7-11-13(18)17-14(19)16-11/h1-7H,(H2,16,17,18,19)/b11-7-. The van der Waals surface area contributed by atoms with Gasteiger partial charge in [0.15, 0.2) is 0 Å². The molecular weight excluding hydrogens is 263 g/mol. The van der Waals surface area contributed by atoms with Gasteiger partial charge < -0.3 is 9.73 Å². The van der Waals surface area contributed by atoms with Gasteiger partial charge in [0.25, 0.3) is 5.91 Å². The van der Waals surface area contributed by atoms with Crippen molar-refractivity contribution in [1.82, 2.24) is 10.6 Å². The Morgan fingerprint density at radius 2 is 1.95 bits per heavy atom. The van der Waals surface area contributed by atoms with Gasteiger partial charge in [-0.05, 0) is 24.3 Å². The topological polar surface area (TPSA) is 71.3 Å². The number of rotatable bonds is 2. The van der Waals surface area contributed by atoms with Gasteiger partial charge in [-0.1, -0.05) is 12.1 Å². The Balaban J connectivity index is 1.89. The predicted molar refractivity (Wildman–Crippen MR) is 68.8 cm³/mol. The first kappa shape index (κ1) is 12.2. The van der Waals surface area contributed by atoms with Gasteiger partial charge in [-0.3, -0.25) is 10.1 Å². The molecule has 2 heterocycles. The maximum atomic E-state index is 13.1. The highest BCUT2D eigenvalue weighted by atomic mass is 19.1. The largest absolute Gasteiger partial charge is 0.457 e. The lowest BCUT2D eigenvalue weighted by atomic mass is 10.2. The third-order valence-electron chi connectivity index (χ3n) is 2.74. The second kappa shape index (κ2) is 4.65. The Hall–Kier alpha value is -2.89. The number of furan rings is 1. The summed E-state index contributed by atoms with van der Waals surface area (Å²) in [6.07, 6.45) is 1.41. The fraction of sp³-hybridized carbons (Fsp3) is 0. The Morgan fingerprint density at radius 1 is 1.10 bits per heavy atom. The fourth-order valence-corrected chi connectivity index (χ4v) is 1.85. The van der Waals surface area contributed by atoms with Crippen LogP contribution >= 0.6 is 0 Å². The molecule has 3 amide bonds. The summed E-state index contributed by atoms with van der Waals surface area (Å²) in [5, 5.41) is 4.44. The van der Waals surface area contributed by atoms with Gasteiger partial charge in [-0.15, -0.1) is 0 Å². The van der Waals surface area contributed by atoms with Crippen LogP contribution in [0.4, 0.5) is 9.18 Å². The van der Waals surface area contributed by atoms with Gasteiger partial charge in [-0.25, -0.2) is 9.18 Å². The SMILES string of the molecule is O=C1NC(=O)/C(=C/c2ccc(-c3cccc(F)c3)o2)N1. The van der Waals surface area contributed by atoms with E-state index in [0.717, 1.165) is 0 Å². The van der Waals surface area contributed by atoms with E-state index in [1.807, 2.05) is 0 Å². The zero-order chi connectivity index (χ0) is 14.1. The molecule has 1 aliphatic heterocycles. The molecule has 20 heavy (non-hydrogen) atoms. The van der Waals surface area contributed by atoms with Crippen LogP contribution in [0.25, 0.3) is 17.4 Å². The number of halogens is 1. The zero-order valence-electron chi connectivity index (χ0n) is 10.1. The first-order chi connectivity index (χ1) is 9.61. The predicted octanol–water partition coefficient (Wildman–Crippen LogP) is 2.27. The number of hydrogen-bond donors (Lipinski definition) is 2. The van der Waals surface area contributed by atoms with Gasteiger partial charge in [-0.2, -0.15) is 0 Å². The third kappa shape index (κ3) is 2.31. The van der Waals surface area contributed by atoms with E-state index < -0.39 is 11.9 Å². The van der Waals surface area contributed by atoms with Gasteiger partial charge in [0.2, 0.25) is 0 Å². The number of nitrogens with one attached hydrogen (secondary N) is 2. The Labute approximate surface area is 113 Å². The van der Waals surface area contributed by atoms with Gasteiger partial charge in [0.05, 0.1) is 0 Å². The van der Waals surface area contributed by atoms with Gasteiger partial charge in [0, 0.05) is 11.6 Å². The molecule has 0 atom stereocenters. The molecule has 0 bridgehead atoms. The van der Waals surface area contributed by atoms with Crippen molar-refractivity contribution < 1.29 is 18.4 Å². The molecule has 0 unspecified atom stereocenters. The lowest BCUT2D eigenvalue weighted by Crippen LogP contribution is -2.22. The van der Waals surface area contributed by atoms with Crippen molar-refractivity contribution >= 4 is 18.0 Å². The summed E-state index contributed by atoms with van der Waals surface area (Å²) < 4.78 is 18.6. The first-order valence-corrected chi connectivity index (χ1v) is 5.81. The van der Waals surface area contributed by atoms with E-state index in [1.165, 1.54) is 18.2 Å². The molecule has 2 N–H and O–H groups in total. The minimum atomic E-state index is -0.571. The van der Waals surface area contributed by atoms with E-state index in [2.05, 4.69) is 10.6 Å². The Kier molecular flexibility index (Phi) is 2.83. The minimum absolute atomic E-state index is 0.107. The molecular formula is C14H9FN2O3. The number of benzene rings is 1. The first-order valence-electron chi connectivity index (χ1n) is 5.81. The van der Waals surface area contributed by atoms with Crippen molar-refractivity contribution in [2.45, 2.75) is 0 Å². The van der Waals surface area contributed by atoms with Gasteiger partial charge in [0.1, 0.15) is 23.0 Å². The molecule has 1 aromatic carbocycles. The molecule has 0 saturated carbocycles. The molecule has 1 aliphatic rings. The summed E-state index contributed by atoms with van der Waals surface area (Å²) in [5.41, 5.74) is 0.699. The molecule has 100 valence electrons. The molecule has 1 saturated heterocycles. The molecule has 0 radical (unpaired) electrons. The average Bonchev–Trinajstić information content (AvgIpc) is 2.97. The normalized spacial score (nSPS) is 16.4. The molecule has 0 spiro atoms. The lowest BCUT2D eigenvalue weighted by Gasteiger charge is -1.96. The molecule has 1 aromatic heterocycles. The van der Waals surface area contributed by atoms with Crippen molar-refractivity contribution in [3.8, 4) is 11.3 Å². The molecule has 3 rings (SSSR count). The van der Waals surface area contributed by atoms with Gasteiger partial charge >= 0.3 is 6.03 Å². The number of amides is 3. The summed E-state index contributed by atoms with van der Waals surface area (Å²) in [4.78, 5) is 22.3. The van der Waals surface area contributed by atoms with E-state index >= 15 is 0 Å². The van der Waals surface area contributed by atoms with Crippen LogP contribution in [-0.4, -0.2) is 11.9 Å². The molecule has 2 aromatic rings. The Morgan fingerprint density at radius 3 is 2.65 bits per heavy atom. The molecule has 0 aliphatic carbocycles. The van der Waals surface area contributed by atoms with Crippen molar-refractivity contribution in [3.63, 3.8) is 0 Å². The second-order valence-electron chi connectivity index (χ2n) is 4.18. The monoisotopic (exact) mass is 272 g/mol. The highest BCUT2D eigenvalue weighted by Crippen LogP contribution is 2.24. The van der Waals surface area contributed by atoms with Crippen LogP contribution in [0.2, 0.25) is 0 Å². The molecule has 5 nitrogen and oxygen atoms in total. The van der Waals surface area contributed by atoms with Crippen molar-refractivity contribution in [2.24, 2.45) is 0 Å². The van der Waals surface area contributed by atoms with E-state index in [4.69, 9.17) is 4.42 Å². The summed E-state index contributed by atoms with van der Waals surface area (Å²) in [6, 6.07) is 8.70. The van der Waals surface area contributed by atoms with Crippen molar-refractivity contribution in [1.29, 1.82) is 0 Å². The summed E-state index contributed by atoms with van der Waals surface area (Å²) in [6.45, 7) is 0. The number of imide groups is 1. The molecule has 6 heteroatoms. The van der Waals surface area contributed by atoms with Crippen LogP contribution < -0.4 is 10.6 Å². The van der Waals surface area contributed by atoms with Crippen LogP contribution in [0.1, 0.15) is 5.76 Å². The highest BCUT2D eigenvalue weighted by Gasteiger charge is 2.23. The van der Waals surface area contributed by atoms with Crippen LogP contribution in [0.15, 0.2) is 46.5 Å². The van der Waals surface area contributed by atoms with Crippen molar-refractivity contribution in [3.05, 3.63) is 53.7 Å². The van der Waals surface area contributed by atoms with E-state index in [1.54, 1.807) is 24.3 Å². The van der Waals surface area contributed by atoms with E-state index in [0.29, 0.717) is 17.1 Å². The fourth-order valence-electron chi connectivity index (χ4n) is 1.85. The number of carbonyl (C=O) groups is 2. The maximum absolute atomic E-state index is 13.1. The van der Waals surface area contributed by atoms with Crippen LogP contribution in [0.3, 0.4) is 0 Å². The van der Waals surface area contributed by atoms with E-state index in [9.17, 15) is 14.0 Å². The molecule has 1 fully saturated rings. The van der Waals surface area contributed by atoms with Crippen LogP contribution in [0.5, 0.6) is 0 Å². The number of hydrogen-bond acceptors (Lipinski definition) is 3. The van der Waals surface area contributed by atoms with Crippen LogP contribution in [0, 0.1) is 5.82 Å². The minimum Gasteiger partial charge on any atom is -0.457 e. The summed E-state index contributed by atoms with van der Waals surface area (Å²) >= 11 is 0. The van der Waals surface area contributed by atoms with E-state index in [-0.39, 0.29) is 11.5 Å². The third-order valence-corrected chi connectivity index (χ3v) is 2.74. The quantitative estimate of drug-likeness (QED) is 0.650. The smallest absolute Gasteiger partial charge is 0.326 e. The lowest BCUT2D eigenvalue weighted by molar-refractivity contribution is -0.115. The van der Waals surface area contributed by atoms with Crippen molar-refractivity contribution in [2.75, 3.05) is 0 Å².